The van der Waals surface area contributed by atoms with Crippen molar-refractivity contribution >= 4 is 74.2 Å². The molecule has 0 radical (unpaired) electrons. The van der Waals surface area contributed by atoms with Crippen LogP contribution in [0.2, 0.25) is 4.34 Å². The van der Waals surface area contributed by atoms with Gasteiger partial charge in [0.2, 0.25) is 10.0 Å². The third kappa shape index (κ3) is 7.02. The Balaban J connectivity index is 0.00000312. The topological polar surface area (TPSA) is 73.8 Å². The van der Waals surface area contributed by atoms with Crippen molar-refractivity contribution in [1.29, 1.82) is 0 Å². The van der Waals surface area contributed by atoms with Crippen molar-refractivity contribution in [3.8, 4) is 0 Å². The highest BCUT2D eigenvalue weighted by molar-refractivity contribution is 14.0. The van der Waals surface area contributed by atoms with Crippen LogP contribution in [0, 0.1) is 0 Å². The zero-order valence-electron chi connectivity index (χ0n) is 13.7. The molecule has 2 aromatic rings. The molecule has 0 aromatic carbocycles. The van der Waals surface area contributed by atoms with Crippen molar-refractivity contribution in [3.63, 3.8) is 0 Å². The average Bonchev–Trinajstić information content (AvgIpc) is 3.19. The maximum absolute atomic E-state index is 12.1. The van der Waals surface area contributed by atoms with Gasteiger partial charge in [0.15, 0.2) is 5.96 Å². The highest BCUT2D eigenvalue weighted by Crippen LogP contribution is 2.25. The third-order valence-corrected chi connectivity index (χ3v) is 7.00. The summed E-state index contributed by atoms with van der Waals surface area (Å²) < 4.78 is 27.4. The van der Waals surface area contributed by atoms with Crippen molar-refractivity contribution < 1.29 is 8.42 Å². The van der Waals surface area contributed by atoms with E-state index >= 15 is 0 Å². The zero-order valence-corrected chi connectivity index (χ0v) is 19.3. The number of rotatable bonds is 7. The molecule has 140 valence electrons. The van der Waals surface area contributed by atoms with Crippen LogP contribution < -0.4 is 10.0 Å². The normalized spacial score (nSPS) is 11.9. The molecule has 2 heterocycles. The summed E-state index contributed by atoms with van der Waals surface area (Å²) in [5, 5.41) is 7.26. The quantitative estimate of drug-likeness (QED) is 0.248. The molecule has 2 N–H and O–H groups in total. The van der Waals surface area contributed by atoms with Crippen LogP contribution in [0.4, 0.5) is 0 Å². The lowest BCUT2D eigenvalue weighted by atomic mass is 10.3. The molecule has 0 aliphatic carbocycles. The number of thiophene rings is 2. The van der Waals surface area contributed by atoms with Gasteiger partial charge in [0.05, 0.1) is 4.34 Å². The Morgan fingerprint density at radius 3 is 2.64 bits per heavy atom. The number of nitrogens with zero attached hydrogens (tertiary/aromatic N) is 2. The van der Waals surface area contributed by atoms with E-state index in [4.69, 9.17) is 11.6 Å². The molecule has 0 saturated carbocycles. The Bertz CT molecular complexity index is 778. The molecule has 0 unspecified atom stereocenters. The fourth-order valence-corrected chi connectivity index (χ4v) is 5.21. The Hall–Kier alpha value is -0.400. The first-order chi connectivity index (χ1) is 11.4. The Labute approximate surface area is 178 Å². The summed E-state index contributed by atoms with van der Waals surface area (Å²) in [7, 11) is 0.121. The van der Waals surface area contributed by atoms with E-state index in [1.54, 1.807) is 24.5 Å². The lowest BCUT2D eigenvalue weighted by molar-refractivity contribution is 0.477. The maximum atomic E-state index is 12.1. The maximum Gasteiger partial charge on any atom is 0.250 e. The molecule has 6 nitrogen and oxygen atoms in total. The van der Waals surface area contributed by atoms with Crippen molar-refractivity contribution in [2.75, 3.05) is 27.2 Å². The predicted molar refractivity (Wildman–Crippen MR) is 117 cm³/mol. The van der Waals surface area contributed by atoms with Crippen molar-refractivity contribution in [3.05, 3.63) is 38.9 Å². The minimum atomic E-state index is -3.51. The van der Waals surface area contributed by atoms with Gasteiger partial charge >= 0.3 is 0 Å². The van der Waals surface area contributed by atoms with Crippen LogP contribution in [0.1, 0.15) is 5.56 Å². The number of guanidine groups is 1. The molecule has 0 saturated heterocycles. The van der Waals surface area contributed by atoms with Gasteiger partial charge in [-0.3, -0.25) is 4.99 Å². The molecular formula is C14H20ClIN4O2S3. The van der Waals surface area contributed by atoms with Gasteiger partial charge in [-0.1, -0.05) is 11.6 Å². The molecule has 0 aliphatic rings. The summed E-state index contributed by atoms with van der Waals surface area (Å²) in [6.07, 6.45) is 0. The summed E-state index contributed by atoms with van der Waals surface area (Å²) in [5.74, 6) is 0.708. The molecule has 2 aromatic heterocycles. The zero-order chi connectivity index (χ0) is 17.6. The highest BCUT2D eigenvalue weighted by atomic mass is 127. The van der Waals surface area contributed by atoms with E-state index in [2.05, 4.69) is 26.5 Å². The summed E-state index contributed by atoms with van der Waals surface area (Å²) in [4.78, 5) is 6.19. The molecular weight excluding hydrogens is 515 g/mol. The highest BCUT2D eigenvalue weighted by Gasteiger charge is 2.16. The first kappa shape index (κ1) is 22.6. The van der Waals surface area contributed by atoms with Crippen LogP contribution in [-0.2, 0) is 16.6 Å². The summed E-state index contributed by atoms with van der Waals surface area (Å²) >= 11 is 8.46. The van der Waals surface area contributed by atoms with Crippen molar-refractivity contribution in [1.82, 2.24) is 14.9 Å². The molecule has 0 spiro atoms. The molecule has 0 fully saturated rings. The summed E-state index contributed by atoms with van der Waals surface area (Å²) in [6.45, 7) is 1.42. The van der Waals surface area contributed by atoms with Crippen molar-refractivity contribution in [2.24, 2.45) is 4.99 Å². The van der Waals surface area contributed by atoms with Crippen LogP contribution in [0.5, 0.6) is 0 Å². The Kier molecular flexibility index (Phi) is 9.67. The van der Waals surface area contributed by atoms with Crippen LogP contribution in [0.3, 0.4) is 0 Å². The van der Waals surface area contributed by atoms with E-state index in [9.17, 15) is 8.42 Å². The average molecular weight is 535 g/mol. The van der Waals surface area contributed by atoms with Crippen LogP contribution in [-0.4, -0.2) is 46.5 Å². The van der Waals surface area contributed by atoms with Gasteiger partial charge in [0.25, 0.3) is 0 Å². The first-order valence-electron chi connectivity index (χ1n) is 7.10. The number of sulfonamides is 1. The number of nitrogens with one attached hydrogen (secondary N) is 2. The summed E-state index contributed by atoms with van der Waals surface area (Å²) in [6, 6.07) is 5.13. The van der Waals surface area contributed by atoms with Crippen LogP contribution in [0.15, 0.2) is 38.2 Å². The number of hydrogen-bond acceptors (Lipinski definition) is 5. The van der Waals surface area contributed by atoms with Crippen LogP contribution >= 0.6 is 58.3 Å². The minimum absolute atomic E-state index is 0. The fourth-order valence-electron chi connectivity index (χ4n) is 1.99. The molecule has 0 atom stereocenters. The van der Waals surface area contributed by atoms with Gasteiger partial charge in [-0.05, 0) is 34.5 Å². The largest absolute Gasteiger partial charge is 0.355 e. The third-order valence-electron chi connectivity index (χ3n) is 3.09. The number of hydrogen-bond donors (Lipinski definition) is 2. The van der Waals surface area contributed by atoms with Gasteiger partial charge in [-0.25, -0.2) is 13.1 Å². The lowest BCUT2D eigenvalue weighted by Gasteiger charge is -2.21. The predicted octanol–water partition coefficient (Wildman–Crippen LogP) is 3.07. The van der Waals surface area contributed by atoms with Gasteiger partial charge in [-0.2, -0.15) is 11.3 Å². The smallest absolute Gasteiger partial charge is 0.250 e. The van der Waals surface area contributed by atoms with E-state index in [1.807, 2.05) is 17.3 Å². The second-order valence-corrected chi connectivity index (χ2v) is 9.41. The monoisotopic (exact) mass is 534 g/mol. The molecule has 0 amide bonds. The van der Waals surface area contributed by atoms with E-state index in [0.717, 1.165) is 17.9 Å². The second kappa shape index (κ2) is 10.7. The van der Waals surface area contributed by atoms with Gasteiger partial charge < -0.3 is 10.2 Å². The molecule has 25 heavy (non-hydrogen) atoms. The minimum Gasteiger partial charge on any atom is -0.355 e. The van der Waals surface area contributed by atoms with Gasteiger partial charge in [0.1, 0.15) is 4.21 Å². The lowest BCUT2D eigenvalue weighted by Crippen LogP contribution is -2.42. The molecule has 11 heteroatoms. The fraction of sp³-hybridized carbons (Fsp3) is 0.357. The molecule has 0 bridgehead atoms. The first-order valence-corrected chi connectivity index (χ1v) is 10.7. The van der Waals surface area contributed by atoms with Crippen molar-refractivity contribution in [2.45, 2.75) is 10.8 Å². The second-order valence-electron chi connectivity index (χ2n) is 4.92. The standard InChI is InChI=1S/C14H19ClN4O2S3.HI/c1-16-14(19(2)9-11-5-8-22-10-11)17-6-7-18-24(20,21)13-4-3-12(15)23-13;/h3-5,8,10,18H,6-7,9H2,1-2H3,(H,16,17);1H. The Morgan fingerprint density at radius 2 is 2.08 bits per heavy atom. The summed E-state index contributed by atoms with van der Waals surface area (Å²) in [5.41, 5.74) is 1.21. The van der Waals surface area contributed by atoms with E-state index in [0.29, 0.717) is 16.8 Å². The number of aliphatic imine (C=N–C) groups is 1. The molecule has 0 aliphatic heterocycles. The van der Waals surface area contributed by atoms with Crippen LogP contribution in [0.25, 0.3) is 0 Å². The Morgan fingerprint density at radius 1 is 1.32 bits per heavy atom. The number of halogens is 2. The van der Waals surface area contributed by atoms with E-state index < -0.39 is 10.0 Å². The van der Waals surface area contributed by atoms with Gasteiger partial charge in [-0.15, -0.1) is 35.3 Å². The SMILES string of the molecule is CN=C(NCCNS(=O)(=O)c1ccc(Cl)s1)N(C)Cc1ccsc1.I. The molecule has 2 rings (SSSR count). The van der Waals surface area contributed by atoms with E-state index in [-0.39, 0.29) is 34.7 Å². The van der Waals surface area contributed by atoms with Gasteiger partial charge in [0, 0.05) is 33.7 Å². The van der Waals surface area contributed by atoms with E-state index in [1.165, 1.54) is 11.6 Å².